The summed E-state index contributed by atoms with van der Waals surface area (Å²) in [5, 5.41) is 0.0865. The largest absolute Gasteiger partial charge is 0.481 e. The number of hydrogen-bond donors (Lipinski definition) is 2. The lowest BCUT2D eigenvalue weighted by atomic mass is 10.2. The molecule has 0 radical (unpaired) electrons. The van der Waals surface area contributed by atoms with Crippen LogP contribution >= 0.6 is 11.6 Å². The molecule has 0 saturated heterocycles. The molecule has 0 aliphatic carbocycles. The summed E-state index contributed by atoms with van der Waals surface area (Å²) < 4.78 is 32.6. The summed E-state index contributed by atoms with van der Waals surface area (Å²) in [6.07, 6.45) is 0. The molecule has 1 aromatic heterocycles. The van der Waals surface area contributed by atoms with Gasteiger partial charge >= 0.3 is 10.2 Å². The second-order valence-electron chi connectivity index (χ2n) is 3.90. The van der Waals surface area contributed by atoms with Gasteiger partial charge in [0.15, 0.2) is 0 Å². The zero-order chi connectivity index (χ0) is 13.8. The molecule has 102 valence electrons. The van der Waals surface area contributed by atoms with E-state index in [2.05, 4.69) is 19.4 Å². The third-order valence-corrected chi connectivity index (χ3v) is 2.98. The predicted octanol–water partition coefficient (Wildman–Crippen LogP) is 1.04. The van der Waals surface area contributed by atoms with Crippen LogP contribution in [-0.4, -0.2) is 32.0 Å². The molecule has 0 atom stereocenters. The van der Waals surface area contributed by atoms with E-state index in [9.17, 15) is 8.42 Å². The minimum Gasteiger partial charge on any atom is -0.481 e. The van der Waals surface area contributed by atoms with E-state index in [-0.39, 0.29) is 22.9 Å². The first-order valence-electron chi connectivity index (χ1n) is 5.18. The van der Waals surface area contributed by atoms with Crippen molar-refractivity contribution in [3.63, 3.8) is 0 Å². The smallest absolute Gasteiger partial charge is 0.301 e. The first-order valence-corrected chi connectivity index (χ1v) is 7.04. The van der Waals surface area contributed by atoms with Gasteiger partial charge < -0.3 is 4.74 Å². The van der Waals surface area contributed by atoms with Gasteiger partial charge in [0.1, 0.15) is 5.15 Å². The van der Waals surface area contributed by atoms with Gasteiger partial charge in [0.2, 0.25) is 11.8 Å². The lowest BCUT2D eigenvalue weighted by Gasteiger charge is -2.10. The maximum atomic E-state index is 11.6. The van der Waals surface area contributed by atoms with E-state index in [0.717, 1.165) is 0 Å². The average molecular weight is 295 g/mol. The molecule has 7 nitrogen and oxygen atoms in total. The van der Waals surface area contributed by atoms with Crippen molar-refractivity contribution in [1.82, 2.24) is 14.7 Å². The van der Waals surface area contributed by atoms with E-state index in [0.29, 0.717) is 6.54 Å². The van der Waals surface area contributed by atoms with Crippen molar-refractivity contribution in [1.29, 1.82) is 0 Å². The van der Waals surface area contributed by atoms with E-state index in [1.165, 1.54) is 13.2 Å². The first-order chi connectivity index (χ1) is 8.32. The summed E-state index contributed by atoms with van der Waals surface area (Å²) in [5.41, 5.74) is 0. The second-order valence-corrected chi connectivity index (χ2v) is 5.79. The minimum atomic E-state index is -3.71. The number of nitrogens with zero attached hydrogens (tertiary/aromatic N) is 2. The summed E-state index contributed by atoms with van der Waals surface area (Å²) in [6.45, 7) is 4.09. The van der Waals surface area contributed by atoms with Crippen LogP contribution in [0.3, 0.4) is 0 Å². The predicted molar refractivity (Wildman–Crippen MR) is 69.0 cm³/mol. The van der Waals surface area contributed by atoms with E-state index in [4.69, 9.17) is 16.3 Å². The highest BCUT2D eigenvalue weighted by molar-refractivity contribution is 7.90. The third kappa shape index (κ3) is 5.03. The van der Waals surface area contributed by atoms with Crippen molar-refractivity contribution in [2.45, 2.75) is 13.8 Å². The molecule has 0 saturated carbocycles. The highest BCUT2D eigenvalue weighted by atomic mass is 35.5. The van der Waals surface area contributed by atoms with Crippen molar-refractivity contribution < 1.29 is 13.2 Å². The van der Waals surface area contributed by atoms with Gasteiger partial charge in [-0.15, -0.1) is 0 Å². The second kappa shape index (κ2) is 6.17. The Morgan fingerprint density at radius 2 is 2.11 bits per heavy atom. The molecule has 0 unspecified atom stereocenters. The van der Waals surface area contributed by atoms with Crippen LogP contribution in [0.25, 0.3) is 0 Å². The zero-order valence-corrected chi connectivity index (χ0v) is 11.8. The van der Waals surface area contributed by atoms with Crippen LogP contribution in [0, 0.1) is 5.92 Å². The van der Waals surface area contributed by atoms with E-state index >= 15 is 0 Å². The van der Waals surface area contributed by atoms with Gasteiger partial charge in [0.25, 0.3) is 0 Å². The van der Waals surface area contributed by atoms with Gasteiger partial charge in [-0.2, -0.15) is 18.1 Å². The highest BCUT2D eigenvalue weighted by Gasteiger charge is 2.13. The van der Waals surface area contributed by atoms with E-state index in [1.54, 1.807) is 0 Å². The topological polar surface area (TPSA) is 93.2 Å². The molecule has 1 heterocycles. The van der Waals surface area contributed by atoms with Gasteiger partial charge in [0, 0.05) is 12.6 Å². The molecule has 1 rings (SSSR count). The van der Waals surface area contributed by atoms with Crippen LogP contribution in [0.15, 0.2) is 6.07 Å². The van der Waals surface area contributed by atoms with Crippen LogP contribution in [0.1, 0.15) is 13.8 Å². The molecule has 0 spiro atoms. The number of halogens is 1. The Labute approximate surface area is 111 Å². The average Bonchev–Trinajstić information content (AvgIpc) is 2.25. The van der Waals surface area contributed by atoms with Crippen molar-refractivity contribution >= 4 is 27.8 Å². The SMILES string of the molecule is COc1cc(Cl)nc(NS(=O)(=O)NCC(C)C)n1. The number of anilines is 1. The van der Waals surface area contributed by atoms with Crippen molar-refractivity contribution in [3.8, 4) is 5.88 Å². The fraction of sp³-hybridized carbons (Fsp3) is 0.556. The normalized spacial score (nSPS) is 11.6. The molecular weight excluding hydrogens is 280 g/mol. The monoisotopic (exact) mass is 294 g/mol. The van der Waals surface area contributed by atoms with Crippen molar-refractivity contribution in [2.75, 3.05) is 18.4 Å². The Kier molecular flexibility index (Phi) is 5.12. The third-order valence-electron chi connectivity index (χ3n) is 1.79. The Bertz CT molecular complexity index is 507. The Morgan fingerprint density at radius 3 is 2.67 bits per heavy atom. The Balaban J connectivity index is 2.80. The number of nitrogens with one attached hydrogen (secondary N) is 2. The summed E-state index contributed by atoms with van der Waals surface area (Å²) in [7, 11) is -2.31. The lowest BCUT2D eigenvalue weighted by molar-refractivity contribution is 0.397. The molecular formula is C9H15ClN4O3S. The summed E-state index contributed by atoms with van der Waals surface area (Å²) in [4.78, 5) is 7.55. The van der Waals surface area contributed by atoms with Gasteiger partial charge in [-0.3, -0.25) is 0 Å². The lowest BCUT2D eigenvalue weighted by Crippen LogP contribution is -2.33. The van der Waals surface area contributed by atoms with Crippen LogP contribution in [0.2, 0.25) is 5.15 Å². The molecule has 0 bridgehead atoms. The molecule has 0 amide bonds. The molecule has 2 N–H and O–H groups in total. The highest BCUT2D eigenvalue weighted by Crippen LogP contribution is 2.16. The fourth-order valence-corrected chi connectivity index (χ4v) is 2.11. The number of methoxy groups -OCH3 is 1. The molecule has 0 aliphatic heterocycles. The number of hydrogen-bond acceptors (Lipinski definition) is 5. The summed E-state index contributed by atoms with van der Waals surface area (Å²) in [5.74, 6) is 0.226. The Morgan fingerprint density at radius 1 is 1.44 bits per heavy atom. The quantitative estimate of drug-likeness (QED) is 0.765. The molecule has 0 aromatic carbocycles. The first kappa shape index (κ1) is 14.9. The minimum absolute atomic E-state index is 0.0865. The standard InChI is InChI=1S/C9H15ClN4O3S/c1-6(2)5-11-18(15,16)14-9-12-7(10)4-8(13-9)17-3/h4,6,11H,5H2,1-3H3,(H,12,13,14). The van der Waals surface area contributed by atoms with Crippen LogP contribution in [0.4, 0.5) is 5.95 Å². The van der Waals surface area contributed by atoms with Crippen molar-refractivity contribution in [3.05, 3.63) is 11.2 Å². The zero-order valence-electron chi connectivity index (χ0n) is 10.3. The maximum Gasteiger partial charge on any atom is 0.301 e. The van der Waals surface area contributed by atoms with E-state index < -0.39 is 10.2 Å². The molecule has 0 fully saturated rings. The fourth-order valence-electron chi connectivity index (χ4n) is 0.980. The van der Waals surface area contributed by atoms with Crippen LogP contribution < -0.4 is 14.2 Å². The molecule has 18 heavy (non-hydrogen) atoms. The summed E-state index contributed by atoms with van der Waals surface area (Å²) in [6, 6.07) is 1.38. The molecule has 0 aliphatic rings. The Hall–Kier alpha value is -1.12. The number of aromatic nitrogens is 2. The van der Waals surface area contributed by atoms with Crippen LogP contribution in [0.5, 0.6) is 5.88 Å². The maximum absolute atomic E-state index is 11.6. The number of ether oxygens (including phenoxy) is 1. The van der Waals surface area contributed by atoms with Crippen LogP contribution in [-0.2, 0) is 10.2 Å². The van der Waals surface area contributed by atoms with Gasteiger partial charge in [0.05, 0.1) is 7.11 Å². The van der Waals surface area contributed by atoms with Gasteiger partial charge in [-0.1, -0.05) is 25.4 Å². The van der Waals surface area contributed by atoms with Crippen molar-refractivity contribution in [2.24, 2.45) is 5.92 Å². The number of rotatable bonds is 6. The molecule has 9 heteroatoms. The van der Waals surface area contributed by atoms with Gasteiger partial charge in [-0.05, 0) is 5.92 Å². The van der Waals surface area contributed by atoms with Gasteiger partial charge in [-0.25, -0.2) is 9.71 Å². The summed E-state index contributed by atoms with van der Waals surface area (Å²) >= 11 is 5.70. The molecule has 1 aromatic rings. The van der Waals surface area contributed by atoms with E-state index in [1.807, 2.05) is 13.8 Å².